The van der Waals surface area contributed by atoms with E-state index in [9.17, 15) is 0 Å². The van der Waals surface area contributed by atoms with Gasteiger partial charge < -0.3 is 5.73 Å². The average Bonchev–Trinajstić information content (AvgIpc) is 2.41. The van der Waals surface area contributed by atoms with Crippen molar-refractivity contribution < 1.29 is 0 Å². The van der Waals surface area contributed by atoms with E-state index in [4.69, 9.17) is 17.3 Å². The summed E-state index contributed by atoms with van der Waals surface area (Å²) in [6, 6.07) is 3.77. The van der Waals surface area contributed by atoms with Crippen molar-refractivity contribution in [2.75, 3.05) is 5.73 Å². The van der Waals surface area contributed by atoms with Gasteiger partial charge in [-0.25, -0.2) is 4.98 Å². The van der Waals surface area contributed by atoms with Gasteiger partial charge in [0.2, 0.25) is 0 Å². The number of fused-ring (bicyclic) bond motifs is 1. The van der Waals surface area contributed by atoms with Gasteiger partial charge in [0.25, 0.3) is 0 Å². The van der Waals surface area contributed by atoms with Crippen molar-refractivity contribution in [1.29, 1.82) is 0 Å². The highest BCUT2D eigenvalue weighted by Gasteiger charge is 2.24. The Labute approximate surface area is 92.9 Å². The number of rotatable bonds is 1. The maximum atomic E-state index is 5.98. The van der Waals surface area contributed by atoms with Crippen LogP contribution in [0.2, 0.25) is 5.02 Å². The summed E-state index contributed by atoms with van der Waals surface area (Å²) >= 11 is 5.98. The van der Waals surface area contributed by atoms with E-state index < -0.39 is 0 Å². The van der Waals surface area contributed by atoms with Crippen molar-refractivity contribution in [2.45, 2.75) is 25.2 Å². The maximum absolute atomic E-state index is 5.98. The number of nitrogens with two attached hydrogens (primary N) is 1. The van der Waals surface area contributed by atoms with Gasteiger partial charge in [0.1, 0.15) is 11.6 Å². The second-order valence-electron chi connectivity index (χ2n) is 4.09. The molecule has 0 unspecified atom stereocenters. The summed E-state index contributed by atoms with van der Waals surface area (Å²) in [7, 11) is 0. The van der Waals surface area contributed by atoms with Gasteiger partial charge in [-0.05, 0) is 25.0 Å². The Hall–Kier alpha value is -1.22. The summed E-state index contributed by atoms with van der Waals surface area (Å²) in [5, 5.41) is 0.723. The topological polar surface area (TPSA) is 43.3 Å². The zero-order valence-electron chi connectivity index (χ0n) is 8.28. The van der Waals surface area contributed by atoms with Gasteiger partial charge in [-0.2, -0.15) is 0 Å². The molecular formula is C11H12ClN3. The van der Waals surface area contributed by atoms with Crippen LogP contribution in [0.25, 0.3) is 5.52 Å². The van der Waals surface area contributed by atoms with Crippen molar-refractivity contribution in [3.8, 4) is 0 Å². The first kappa shape index (κ1) is 9.04. The molecule has 0 radical (unpaired) electrons. The molecule has 78 valence electrons. The van der Waals surface area contributed by atoms with Gasteiger partial charge in [0.15, 0.2) is 0 Å². The van der Waals surface area contributed by atoms with Crippen LogP contribution in [0, 0.1) is 0 Å². The Kier molecular flexibility index (Phi) is 1.89. The fraction of sp³-hybridized carbons (Fsp3) is 0.364. The van der Waals surface area contributed by atoms with Gasteiger partial charge in [0, 0.05) is 12.1 Å². The molecule has 0 atom stereocenters. The molecule has 0 aromatic carbocycles. The minimum Gasteiger partial charge on any atom is -0.382 e. The highest BCUT2D eigenvalue weighted by atomic mass is 35.5. The molecule has 1 fully saturated rings. The summed E-state index contributed by atoms with van der Waals surface area (Å²) in [5.41, 5.74) is 6.83. The molecular weight excluding hydrogens is 210 g/mol. The fourth-order valence-electron chi connectivity index (χ4n) is 2.06. The van der Waals surface area contributed by atoms with E-state index in [1.165, 1.54) is 19.3 Å². The Morgan fingerprint density at radius 2 is 2.20 bits per heavy atom. The van der Waals surface area contributed by atoms with Crippen LogP contribution >= 0.6 is 11.6 Å². The van der Waals surface area contributed by atoms with E-state index >= 15 is 0 Å². The molecule has 2 aromatic rings. The molecule has 15 heavy (non-hydrogen) atoms. The molecule has 0 bridgehead atoms. The highest BCUT2D eigenvalue weighted by molar-refractivity contribution is 6.30. The van der Waals surface area contributed by atoms with E-state index in [0.29, 0.717) is 11.7 Å². The van der Waals surface area contributed by atoms with Crippen molar-refractivity contribution in [3.63, 3.8) is 0 Å². The number of hydrogen-bond acceptors (Lipinski definition) is 2. The first-order valence-electron chi connectivity index (χ1n) is 5.18. The van der Waals surface area contributed by atoms with E-state index in [0.717, 1.165) is 16.4 Å². The van der Waals surface area contributed by atoms with Crippen molar-refractivity contribution in [3.05, 3.63) is 29.2 Å². The summed E-state index contributed by atoms with van der Waals surface area (Å²) < 4.78 is 2.03. The Bertz CT molecular complexity index is 514. The standard InChI is InChI=1S/C11H12ClN3/c12-8-4-5-9-10(13)14-11(15(9)6-8)7-2-1-3-7/h4-7H,1-3,13H2. The smallest absolute Gasteiger partial charge is 0.149 e. The number of hydrogen-bond donors (Lipinski definition) is 1. The first-order chi connectivity index (χ1) is 7.25. The summed E-state index contributed by atoms with van der Waals surface area (Å²) in [5.74, 6) is 2.23. The van der Waals surface area contributed by atoms with Crippen LogP contribution in [-0.4, -0.2) is 9.38 Å². The molecule has 2 aromatic heterocycles. The lowest BCUT2D eigenvalue weighted by atomic mass is 9.85. The van der Waals surface area contributed by atoms with Gasteiger partial charge in [0.05, 0.1) is 10.5 Å². The van der Waals surface area contributed by atoms with Crippen LogP contribution in [0.4, 0.5) is 5.82 Å². The first-order valence-corrected chi connectivity index (χ1v) is 5.56. The molecule has 1 aliphatic rings. The monoisotopic (exact) mass is 221 g/mol. The minimum absolute atomic E-state index is 0.563. The third-order valence-electron chi connectivity index (χ3n) is 3.13. The molecule has 0 aliphatic heterocycles. The SMILES string of the molecule is Nc1nc(C2CCC2)n2cc(Cl)ccc12. The van der Waals surface area contributed by atoms with Crippen LogP contribution in [0.3, 0.4) is 0 Å². The molecule has 3 nitrogen and oxygen atoms in total. The molecule has 2 N–H and O–H groups in total. The zero-order valence-corrected chi connectivity index (χ0v) is 9.04. The van der Waals surface area contributed by atoms with E-state index in [2.05, 4.69) is 4.98 Å². The molecule has 1 aliphatic carbocycles. The second-order valence-corrected chi connectivity index (χ2v) is 4.52. The number of nitrogens with zero attached hydrogens (tertiary/aromatic N) is 2. The number of aromatic nitrogens is 2. The number of imidazole rings is 1. The predicted molar refractivity (Wildman–Crippen MR) is 61.2 cm³/mol. The normalized spacial score (nSPS) is 16.9. The van der Waals surface area contributed by atoms with Crippen molar-refractivity contribution in [2.24, 2.45) is 0 Å². The molecule has 0 amide bonds. The second kappa shape index (κ2) is 3.14. The fourth-order valence-corrected chi connectivity index (χ4v) is 2.22. The number of anilines is 1. The quantitative estimate of drug-likeness (QED) is 0.805. The van der Waals surface area contributed by atoms with Crippen molar-refractivity contribution >= 4 is 22.9 Å². The maximum Gasteiger partial charge on any atom is 0.149 e. The lowest BCUT2D eigenvalue weighted by Crippen LogP contribution is -2.12. The van der Waals surface area contributed by atoms with E-state index in [1.54, 1.807) is 0 Å². The number of halogens is 1. The van der Waals surface area contributed by atoms with Gasteiger partial charge in [-0.1, -0.05) is 18.0 Å². The molecule has 2 heterocycles. The average molecular weight is 222 g/mol. The van der Waals surface area contributed by atoms with Crippen LogP contribution in [0.15, 0.2) is 18.3 Å². The lowest BCUT2D eigenvalue weighted by molar-refractivity contribution is 0.400. The molecule has 4 heteroatoms. The van der Waals surface area contributed by atoms with Crippen molar-refractivity contribution in [1.82, 2.24) is 9.38 Å². The van der Waals surface area contributed by atoms with Crippen LogP contribution < -0.4 is 5.73 Å². The molecule has 1 saturated carbocycles. The van der Waals surface area contributed by atoms with Gasteiger partial charge in [-0.3, -0.25) is 4.40 Å². The predicted octanol–water partition coefficient (Wildman–Crippen LogP) is 2.84. The third kappa shape index (κ3) is 1.30. The molecule has 0 saturated heterocycles. The van der Waals surface area contributed by atoms with E-state index in [-0.39, 0.29) is 0 Å². The van der Waals surface area contributed by atoms with Crippen LogP contribution in [0.1, 0.15) is 31.0 Å². The highest BCUT2D eigenvalue weighted by Crippen LogP contribution is 2.37. The third-order valence-corrected chi connectivity index (χ3v) is 3.35. The van der Waals surface area contributed by atoms with Crippen LogP contribution in [0.5, 0.6) is 0 Å². The van der Waals surface area contributed by atoms with E-state index in [1.807, 2.05) is 22.7 Å². The number of nitrogen functional groups attached to an aromatic ring is 1. The molecule has 3 rings (SSSR count). The van der Waals surface area contributed by atoms with Gasteiger partial charge in [-0.15, -0.1) is 0 Å². The Morgan fingerprint density at radius 1 is 1.40 bits per heavy atom. The largest absolute Gasteiger partial charge is 0.382 e. The summed E-state index contributed by atoms with van der Waals surface area (Å²) in [6.45, 7) is 0. The minimum atomic E-state index is 0.563. The number of pyridine rings is 1. The Morgan fingerprint density at radius 3 is 2.87 bits per heavy atom. The lowest BCUT2D eigenvalue weighted by Gasteiger charge is -2.23. The van der Waals surface area contributed by atoms with Gasteiger partial charge >= 0.3 is 0 Å². The summed E-state index contributed by atoms with van der Waals surface area (Å²) in [6.07, 6.45) is 5.62. The Balaban J connectivity index is 2.24. The molecule has 0 spiro atoms. The zero-order chi connectivity index (χ0) is 10.4. The van der Waals surface area contributed by atoms with Crippen LogP contribution in [-0.2, 0) is 0 Å². The summed E-state index contributed by atoms with van der Waals surface area (Å²) in [4.78, 5) is 4.43.